The largest absolute Gasteiger partial charge is 0.477 e. The first-order valence-electron chi connectivity index (χ1n) is 20.8. The summed E-state index contributed by atoms with van der Waals surface area (Å²) in [6, 6.07) is 59.0. The minimum Gasteiger partial charge on any atom is -0.477 e. The van der Waals surface area contributed by atoms with Gasteiger partial charge in [0.25, 0.3) is 0 Å². The molecule has 0 atom stereocenters. The number of aliphatic carboxylic acids is 1. The molecule has 1 N–H and O–H groups in total. The fourth-order valence-electron chi connectivity index (χ4n) is 10.0. The van der Waals surface area contributed by atoms with Crippen LogP contribution in [-0.2, 0) is 15.6 Å². The Morgan fingerprint density at radius 1 is 0.532 bits per heavy atom. The fourth-order valence-corrected chi connectivity index (χ4v) is 12.7. The summed E-state index contributed by atoms with van der Waals surface area (Å²) in [5.41, 5.74) is 14.5. The number of anilines is 3. The van der Waals surface area contributed by atoms with E-state index in [1.54, 1.807) is 11.3 Å². The molecule has 0 spiro atoms. The second-order valence-electron chi connectivity index (χ2n) is 17.3. The maximum Gasteiger partial charge on any atom is 0.346 e. The van der Waals surface area contributed by atoms with Crippen molar-refractivity contribution in [3.63, 3.8) is 0 Å². The van der Waals surface area contributed by atoms with E-state index in [2.05, 4.69) is 172 Å². The Morgan fingerprint density at radius 2 is 0.968 bits per heavy atom. The monoisotopic (exact) mass is 836 g/mol. The first kappa shape index (κ1) is 37.9. The summed E-state index contributed by atoms with van der Waals surface area (Å²) in [4.78, 5) is 18.4. The van der Waals surface area contributed by atoms with Crippen molar-refractivity contribution in [3.05, 3.63) is 190 Å². The highest BCUT2D eigenvalue weighted by atomic mass is 32.1. The topological polar surface area (TPSA) is 64.3 Å². The number of rotatable bonds is 7. The summed E-state index contributed by atoms with van der Waals surface area (Å²) < 4.78 is 0. The molecule has 0 saturated carbocycles. The molecule has 0 unspecified atom stereocenters. The molecule has 0 bridgehead atoms. The van der Waals surface area contributed by atoms with Gasteiger partial charge in [-0.15, -0.1) is 22.7 Å². The van der Waals surface area contributed by atoms with Gasteiger partial charge in [0.1, 0.15) is 11.6 Å². The van der Waals surface area contributed by atoms with Crippen LogP contribution >= 0.6 is 22.7 Å². The van der Waals surface area contributed by atoms with Gasteiger partial charge in [-0.1, -0.05) is 149 Å². The molecule has 2 aliphatic rings. The van der Waals surface area contributed by atoms with Gasteiger partial charge in [0.2, 0.25) is 0 Å². The SMILES string of the molecule is CC1(C)c2ccccc2-c2ccc(N(c3ccc(-c4sc(-c5sc(/C=C(\C#N)C(=O)O)c6ccccc56)c5ccccc45)cc3)c3ccc4c(c3)C(C)(C)c3ccccc3-4)cc21. The van der Waals surface area contributed by atoms with Crippen molar-refractivity contribution in [1.29, 1.82) is 5.26 Å². The summed E-state index contributed by atoms with van der Waals surface area (Å²) in [7, 11) is 0. The summed E-state index contributed by atoms with van der Waals surface area (Å²) in [6.45, 7) is 9.35. The van der Waals surface area contributed by atoms with Gasteiger partial charge >= 0.3 is 5.97 Å². The number of thiophene rings is 2. The van der Waals surface area contributed by atoms with Crippen molar-refractivity contribution in [3.8, 4) is 48.5 Å². The average molecular weight is 837 g/mol. The van der Waals surface area contributed by atoms with E-state index >= 15 is 0 Å². The van der Waals surface area contributed by atoms with Crippen molar-refractivity contribution >= 4 is 73.3 Å². The number of hydrogen-bond acceptors (Lipinski definition) is 5. The Bertz CT molecular complexity index is 3300. The maximum absolute atomic E-state index is 11.8. The van der Waals surface area contributed by atoms with E-state index in [0.29, 0.717) is 0 Å². The molecule has 298 valence electrons. The van der Waals surface area contributed by atoms with Gasteiger partial charge in [-0.3, -0.25) is 0 Å². The molecule has 62 heavy (non-hydrogen) atoms. The van der Waals surface area contributed by atoms with Crippen LogP contribution in [0.1, 0.15) is 54.8 Å². The number of nitriles is 1. The zero-order valence-corrected chi connectivity index (χ0v) is 36.3. The molecular weight excluding hydrogens is 797 g/mol. The van der Waals surface area contributed by atoms with Gasteiger partial charge in [-0.25, -0.2) is 4.79 Å². The number of nitrogens with zero attached hydrogens (tertiary/aromatic N) is 2. The smallest absolute Gasteiger partial charge is 0.346 e. The summed E-state index contributed by atoms with van der Waals surface area (Å²) in [6.07, 6.45) is 1.50. The van der Waals surface area contributed by atoms with Gasteiger partial charge in [0, 0.05) is 59.2 Å². The molecule has 0 saturated heterocycles. The van der Waals surface area contributed by atoms with Crippen LogP contribution in [-0.4, -0.2) is 11.1 Å². The molecule has 2 aromatic heterocycles. The first-order chi connectivity index (χ1) is 30.0. The molecule has 2 heterocycles. The van der Waals surface area contributed by atoms with E-state index in [4.69, 9.17) is 0 Å². The highest BCUT2D eigenvalue weighted by molar-refractivity contribution is 7.26. The predicted octanol–water partition coefficient (Wildman–Crippen LogP) is 15.5. The van der Waals surface area contributed by atoms with Gasteiger partial charge in [0.05, 0.1) is 9.75 Å². The third kappa shape index (κ3) is 5.66. The standard InChI is InChI=1S/C56H40N2O2S2/c1-55(2)46-19-11-9-13-38(46)40-27-25-36(30-48(40)55)58(37-26-28-41-39-14-10-12-20-47(39)56(3,4)49(41)31-37)35-23-21-33(22-24-35)51-44-17-7-8-18-45(44)53(62-51)52-43-16-6-5-15-42(43)50(61-52)29-34(32-57)54(59)60/h5-31H,1-4H3,(H,59,60)/b34-29+. The average Bonchev–Trinajstić information content (AvgIpc) is 3.99. The van der Waals surface area contributed by atoms with Crippen molar-refractivity contribution in [2.24, 2.45) is 0 Å². The van der Waals surface area contributed by atoms with Gasteiger partial charge in [-0.2, -0.15) is 5.26 Å². The van der Waals surface area contributed by atoms with Gasteiger partial charge in [-0.05, 0) is 92.5 Å². The molecule has 0 aliphatic heterocycles. The van der Waals surface area contributed by atoms with Crippen LogP contribution in [0.25, 0.3) is 70.1 Å². The number of carboxylic acids is 1. The van der Waals surface area contributed by atoms with Crippen molar-refractivity contribution < 1.29 is 9.90 Å². The van der Waals surface area contributed by atoms with Gasteiger partial charge < -0.3 is 10.0 Å². The number of benzene rings is 7. The second-order valence-corrected chi connectivity index (χ2v) is 19.4. The van der Waals surface area contributed by atoms with E-state index in [0.717, 1.165) is 58.8 Å². The lowest BCUT2D eigenvalue weighted by molar-refractivity contribution is -0.132. The highest BCUT2D eigenvalue weighted by Crippen LogP contribution is 2.54. The third-order valence-corrected chi connectivity index (χ3v) is 15.7. The lowest BCUT2D eigenvalue weighted by Crippen LogP contribution is -2.18. The predicted molar refractivity (Wildman–Crippen MR) is 259 cm³/mol. The van der Waals surface area contributed by atoms with E-state index in [1.807, 2.05) is 24.3 Å². The molecule has 0 radical (unpaired) electrons. The van der Waals surface area contributed by atoms with E-state index < -0.39 is 5.97 Å². The Hall–Kier alpha value is -7.04. The molecule has 6 heteroatoms. The van der Waals surface area contributed by atoms with Crippen LogP contribution in [0.5, 0.6) is 0 Å². The van der Waals surface area contributed by atoms with Crippen LogP contribution in [0.2, 0.25) is 0 Å². The van der Waals surface area contributed by atoms with Crippen LogP contribution in [0, 0.1) is 11.3 Å². The Labute approximate surface area is 368 Å². The molecule has 4 nitrogen and oxygen atoms in total. The van der Waals surface area contributed by atoms with Crippen molar-refractivity contribution in [1.82, 2.24) is 0 Å². The fraction of sp³-hybridized carbons (Fsp3) is 0.107. The Morgan fingerprint density at radius 3 is 1.50 bits per heavy atom. The lowest BCUT2D eigenvalue weighted by Gasteiger charge is -2.30. The summed E-state index contributed by atoms with van der Waals surface area (Å²) in [5.74, 6) is -1.23. The maximum atomic E-state index is 11.8. The minimum absolute atomic E-state index is 0.143. The molecule has 9 aromatic rings. The normalized spacial score (nSPS) is 14.3. The van der Waals surface area contributed by atoms with Crippen molar-refractivity contribution in [2.45, 2.75) is 38.5 Å². The number of fused-ring (bicyclic) bond motifs is 8. The zero-order valence-electron chi connectivity index (χ0n) is 34.7. The van der Waals surface area contributed by atoms with Gasteiger partial charge in [0.15, 0.2) is 0 Å². The molecule has 0 amide bonds. The Balaban J connectivity index is 1.05. The second kappa shape index (κ2) is 14.0. The zero-order chi connectivity index (χ0) is 42.5. The van der Waals surface area contributed by atoms with E-state index in [9.17, 15) is 15.2 Å². The molecule has 0 fully saturated rings. The van der Waals surface area contributed by atoms with Crippen LogP contribution in [0.4, 0.5) is 17.1 Å². The lowest BCUT2D eigenvalue weighted by atomic mass is 9.82. The van der Waals surface area contributed by atoms with Crippen LogP contribution in [0.15, 0.2) is 163 Å². The molecule has 7 aromatic carbocycles. The number of carboxylic acid groups (broad SMARTS) is 1. The first-order valence-corrected chi connectivity index (χ1v) is 22.5. The molecule has 11 rings (SSSR count). The van der Waals surface area contributed by atoms with Crippen LogP contribution in [0.3, 0.4) is 0 Å². The quantitative estimate of drug-likeness (QED) is 0.128. The Kier molecular flexibility index (Phi) is 8.57. The van der Waals surface area contributed by atoms with E-state index in [-0.39, 0.29) is 16.4 Å². The summed E-state index contributed by atoms with van der Waals surface area (Å²) >= 11 is 3.29. The van der Waals surface area contributed by atoms with Crippen LogP contribution < -0.4 is 4.90 Å². The summed E-state index contributed by atoms with van der Waals surface area (Å²) in [5, 5.41) is 23.6. The minimum atomic E-state index is -1.23. The molecular formula is C56H40N2O2S2. The number of hydrogen-bond donors (Lipinski definition) is 1. The number of carbonyl (C=O) groups is 1. The van der Waals surface area contributed by atoms with Crippen molar-refractivity contribution in [2.75, 3.05) is 4.90 Å². The van der Waals surface area contributed by atoms with E-state index in [1.165, 1.54) is 66.8 Å². The molecule has 2 aliphatic carbocycles. The third-order valence-electron chi connectivity index (χ3n) is 13.1. The highest BCUT2D eigenvalue weighted by Gasteiger charge is 2.38.